The van der Waals surface area contributed by atoms with E-state index in [0.29, 0.717) is 11.5 Å². The molecule has 0 saturated heterocycles. The van der Waals surface area contributed by atoms with Crippen molar-refractivity contribution in [3.8, 4) is 0 Å². The van der Waals surface area contributed by atoms with Gasteiger partial charge in [-0.1, -0.05) is 35.4 Å². The van der Waals surface area contributed by atoms with E-state index < -0.39 is 9.75 Å². The van der Waals surface area contributed by atoms with E-state index >= 15 is 0 Å². The van der Waals surface area contributed by atoms with Gasteiger partial charge in [0.25, 0.3) is 0 Å². The van der Waals surface area contributed by atoms with Crippen LogP contribution in [0.3, 0.4) is 0 Å². The standard InChI is InChI=1S/C11H8Cl4O/c12-7-4-10(14)5-1-2-6(3-5)11(10,15)9(16)8(7)13/h1-2,5-6H,3-4H2. The number of ketones is 1. The van der Waals surface area contributed by atoms with Crippen molar-refractivity contribution < 1.29 is 4.79 Å². The molecule has 0 N–H and O–H groups in total. The fraction of sp³-hybridized carbons (Fsp3) is 0.545. The minimum atomic E-state index is -1.11. The summed E-state index contributed by atoms with van der Waals surface area (Å²) in [5.41, 5.74) is 0. The molecule has 0 aliphatic heterocycles. The van der Waals surface area contributed by atoms with Crippen LogP contribution in [0.15, 0.2) is 22.2 Å². The second-order valence-electron chi connectivity index (χ2n) is 4.63. The summed E-state index contributed by atoms with van der Waals surface area (Å²) >= 11 is 25.0. The van der Waals surface area contributed by atoms with Crippen molar-refractivity contribution in [1.82, 2.24) is 0 Å². The molecule has 0 amide bonds. The zero-order valence-corrected chi connectivity index (χ0v) is 11.2. The van der Waals surface area contributed by atoms with Gasteiger partial charge in [-0.25, -0.2) is 0 Å². The maximum Gasteiger partial charge on any atom is 0.198 e. The Morgan fingerprint density at radius 1 is 1.19 bits per heavy atom. The van der Waals surface area contributed by atoms with Gasteiger partial charge in [0, 0.05) is 17.4 Å². The summed E-state index contributed by atoms with van der Waals surface area (Å²) in [5.74, 6) is -0.235. The molecule has 4 unspecified atom stereocenters. The van der Waals surface area contributed by atoms with Gasteiger partial charge in [0.2, 0.25) is 0 Å². The van der Waals surface area contributed by atoms with Crippen molar-refractivity contribution in [2.24, 2.45) is 11.8 Å². The van der Waals surface area contributed by atoms with E-state index in [1.165, 1.54) is 0 Å². The maximum atomic E-state index is 12.2. The molecule has 86 valence electrons. The Labute approximate surface area is 113 Å². The average molecular weight is 298 g/mol. The van der Waals surface area contributed by atoms with E-state index in [4.69, 9.17) is 46.4 Å². The molecular formula is C11H8Cl4O. The van der Waals surface area contributed by atoms with Crippen molar-refractivity contribution in [2.75, 3.05) is 0 Å². The Balaban J connectivity index is 2.22. The number of allylic oxidation sites excluding steroid dienone is 4. The van der Waals surface area contributed by atoms with Crippen molar-refractivity contribution in [3.05, 3.63) is 22.2 Å². The molecular weight excluding hydrogens is 290 g/mol. The van der Waals surface area contributed by atoms with Crippen LogP contribution in [-0.2, 0) is 4.79 Å². The lowest BCUT2D eigenvalue weighted by molar-refractivity contribution is -0.119. The summed E-state index contributed by atoms with van der Waals surface area (Å²) in [6.07, 6.45) is 5.19. The Bertz CT molecular complexity index is 455. The van der Waals surface area contributed by atoms with Gasteiger partial charge in [-0.3, -0.25) is 4.79 Å². The van der Waals surface area contributed by atoms with Gasteiger partial charge >= 0.3 is 0 Å². The van der Waals surface area contributed by atoms with Crippen molar-refractivity contribution >= 4 is 52.2 Å². The van der Waals surface area contributed by atoms with E-state index in [0.717, 1.165) is 6.42 Å². The Morgan fingerprint density at radius 3 is 2.50 bits per heavy atom. The smallest absolute Gasteiger partial charge is 0.198 e. The first kappa shape index (κ1) is 11.4. The van der Waals surface area contributed by atoms with Gasteiger partial charge in [0.1, 0.15) is 9.91 Å². The van der Waals surface area contributed by atoms with Crippen LogP contribution in [0.1, 0.15) is 12.8 Å². The molecule has 1 nitrogen and oxygen atoms in total. The molecule has 0 heterocycles. The SMILES string of the molecule is O=C1C(Cl)=C(Cl)CC2(Cl)C3C=CC(C3)C12Cl. The molecule has 0 radical (unpaired) electrons. The lowest BCUT2D eigenvalue weighted by Gasteiger charge is -2.44. The van der Waals surface area contributed by atoms with Gasteiger partial charge in [0.05, 0.1) is 4.87 Å². The number of rotatable bonds is 0. The number of halogens is 4. The quantitative estimate of drug-likeness (QED) is 0.491. The lowest BCUT2D eigenvalue weighted by Crippen LogP contribution is -2.57. The predicted octanol–water partition coefficient (Wildman–Crippen LogP) is 3.81. The van der Waals surface area contributed by atoms with Gasteiger partial charge in [-0.15, -0.1) is 23.2 Å². The summed E-state index contributed by atoms with van der Waals surface area (Å²) in [5, 5.41) is 0.382. The van der Waals surface area contributed by atoms with Crippen LogP contribution in [0.4, 0.5) is 0 Å². The van der Waals surface area contributed by atoms with Gasteiger partial charge in [0.15, 0.2) is 5.78 Å². The lowest BCUT2D eigenvalue weighted by atomic mass is 9.73. The van der Waals surface area contributed by atoms with E-state index in [2.05, 4.69) is 0 Å². The minimum Gasteiger partial charge on any atom is -0.291 e. The van der Waals surface area contributed by atoms with Gasteiger partial charge in [-0.05, 0) is 12.3 Å². The van der Waals surface area contributed by atoms with Crippen LogP contribution in [0.25, 0.3) is 0 Å². The molecule has 1 saturated carbocycles. The predicted molar refractivity (Wildman–Crippen MR) is 66.3 cm³/mol. The van der Waals surface area contributed by atoms with Crippen LogP contribution in [0.5, 0.6) is 0 Å². The summed E-state index contributed by atoms with van der Waals surface area (Å²) in [6, 6.07) is 0. The van der Waals surface area contributed by atoms with Crippen LogP contribution in [0.2, 0.25) is 0 Å². The molecule has 0 aromatic heterocycles. The first-order valence-corrected chi connectivity index (χ1v) is 6.57. The second kappa shape index (κ2) is 3.20. The summed E-state index contributed by atoms with van der Waals surface area (Å²) in [4.78, 5) is 10.3. The zero-order chi connectivity index (χ0) is 11.7. The third-order valence-electron chi connectivity index (χ3n) is 3.97. The van der Waals surface area contributed by atoms with Crippen LogP contribution in [0, 0.1) is 11.8 Å². The van der Waals surface area contributed by atoms with Gasteiger partial charge < -0.3 is 0 Å². The Hall–Kier alpha value is 0.310. The van der Waals surface area contributed by atoms with E-state index in [-0.39, 0.29) is 22.7 Å². The minimum absolute atomic E-state index is 0.0253. The van der Waals surface area contributed by atoms with Gasteiger partial charge in [-0.2, -0.15) is 0 Å². The van der Waals surface area contributed by atoms with Crippen molar-refractivity contribution in [2.45, 2.75) is 22.6 Å². The molecule has 3 rings (SSSR count). The number of hydrogen-bond donors (Lipinski definition) is 0. The maximum absolute atomic E-state index is 12.2. The highest BCUT2D eigenvalue weighted by atomic mass is 35.5. The second-order valence-corrected chi connectivity index (χ2v) is 6.74. The van der Waals surface area contributed by atoms with Crippen LogP contribution >= 0.6 is 46.4 Å². The summed E-state index contributed by atoms with van der Waals surface area (Å²) in [6.45, 7) is 0. The molecule has 16 heavy (non-hydrogen) atoms. The third-order valence-corrected chi connectivity index (χ3v) is 6.38. The normalized spacial score (nSPS) is 50.1. The number of hydrogen-bond acceptors (Lipinski definition) is 1. The zero-order valence-electron chi connectivity index (χ0n) is 8.14. The number of Topliss-reactive ketones (excluding diaryl/α,β-unsaturated/α-hetero) is 1. The monoisotopic (exact) mass is 296 g/mol. The molecule has 4 atom stereocenters. The third kappa shape index (κ3) is 1.04. The molecule has 3 aliphatic carbocycles. The van der Waals surface area contributed by atoms with Crippen molar-refractivity contribution in [3.63, 3.8) is 0 Å². The topological polar surface area (TPSA) is 17.1 Å². The van der Waals surface area contributed by atoms with Crippen LogP contribution < -0.4 is 0 Å². The molecule has 3 aliphatic rings. The molecule has 0 aromatic carbocycles. The first-order valence-electron chi connectivity index (χ1n) is 5.06. The number of carbonyl (C=O) groups excluding carboxylic acids is 1. The van der Waals surface area contributed by atoms with Crippen LogP contribution in [-0.4, -0.2) is 15.5 Å². The van der Waals surface area contributed by atoms with E-state index in [1.54, 1.807) is 0 Å². The number of fused-ring (bicyclic) bond motifs is 5. The highest BCUT2D eigenvalue weighted by Crippen LogP contribution is 2.65. The molecule has 1 fully saturated rings. The van der Waals surface area contributed by atoms with Crippen molar-refractivity contribution in [1.29, 1.82) is 0 Å². The molecule has 2 bridgehead atoms. The van der Waals surface area contributed by atoms with E-state index in [1.807, 2.05) is 12.2 Å². The average Bonchev–Trinajstić information content (AvgIpc) is 2.79. The number of carbonyl (C=O) groups is 1. The Morgan fingerprint density at radius 2 is 1.81 bits per heavy atom. The highest BCUT2D eigenvalue weighted by Gasteiger charge is 2.70. The number of alkyl halides is 2. The summed E-state index contributed by atoms with van der Waals surface area (Å²) in [7, 11) is 0. The van der Waals surface area contributed by atoms with E-state index in [9.17, 15) is 4.79 Å². The first-order chi connectivity index (χ1) is 7.41. The Kier molecular flexibility index (Phi) is 2.28. The fourth-order valence-corrected chi connectivity index (χ4v) is 4.73. The molecule has 5 heteroatoms. The molecule has 0 spiro atoms. The largest absolute Gasteiger partial charge is 0.291 e. The highest BCUT2D eigenvalue weighted by molar-refractivity contribution is 6.57. The molecule has 0 aromatic rings. The summed E-state index contributed by atoms with van der Waals surface area (Å²) < 4.78 is 0. The fourth-order valence-electron chi connectivity index (χ4n) is 3.11.